The number of nitrogens with zero attached hydrogens (tertiary/aromatic N) is 3. The Morgan fingerprint density at radius 3 is 2.55 bits per heavy atom. The number of nitrogens with two attached hydrogens (primary N) is 1. The molecule has 3 aromatic carbocycles. The molecule has 1 saturated carbocycles. The number of carbonyl (C=O) groups excluding carboxylic acids is 2. The van der Waals surface area contributed by atoms with E-state index in [2.05, 4.69) is 10.4 Å². The van der Waals surface area contributed by atoms with Gasteiger partial charge in [-0.3, -0.25) is 4.79 Å². The highest BCUT2D eigenvalue weighted by Gasteiger charge is 2.39. The Labute approximate surface area is 227 Å². The lowest BCUT2D eigenvalue weighted by Gasteiger charge is -2.28. The van der Waals surface area contributed by atoms with Crippen LogP contribution in [0.4, 0.5) is 38.3 Å². The summed E-state index contributed by atoms with van der Waals surface area (Å²) < 4.78 is 74.9. The van der Waals surface area contributed by atoms with Gasteiger partial charge in [0.1, 0.15) is 17.4 Å². The number of nitrogen functional groups attached to an aromatic ring is 1. The molecule has 0 saturated heterocycles. The highest BCUT2D eigenvalue weighted by atomic mass is 35.5. The lowest BCUT2D eigenvalue weighted by molar-refractivity contribution is -0.137. The van der Waals surface area contributed by atoms with Crippen LogP contribution in [0.25, 0.3) is 10.9 Å². The van der Waals surface area contributed by atoms with Gasteiger partial charge in [-0.15, -0.1) is 5.10 Å². The molecule has 1 aliphatic carbocycles. The Bertz CT molecular complexity index is 1730. The summed E-state index contributed by atoms with van der Waals surface area (Å²) in [6, 6.07) is 5.75. The largest absolute Gasteiger partial charge is 0.453 e. The smallest absolute Gasteiger partial charge is 0.416 e. The van der Waals surface area contributed by atoms with E-state index >= 15 is 0 Å². The quantitative estimate of drug-likeness (QED) is 0.262. The third-order valence-electron chi connectivity index (χ3n) is 6.60. The van der Waals surface area contributed by atoms with Crippen molar-refractivity contribution in [1.82, 2.24) is 14.7 Å². The number of ether oxygens (including phenoxy) is 1. The molecule has 0 bridgehead atoms. The van der Waals surface area contributed by atoms with Gasteiger partial charge in [-0.25, -0.2) is 13.6 Å². The van der Waals surface area contributed by atoms with Crippen LogP contribution < -0.4 is 15.8 Å². The van der Waals surface area contributed by atoms with Crippen molar-refractivity contribution >= 4 is 45.9 Å². The minimum Gasteiger partial charge on any atom is -0.453 e. The summed E-state index contributed by atoms with van der Waals surface area (Å²) in [5.41, 5.74) is 4.92. The Kier molecular flexibility index (Phi) is 5.87. The van der Waals surface area contributed by atoms with Crippen LogP contribution in [0, 0.1) is 11.6 Å². The summed E-state index contributed by atoms with van der Waals surface area (Å²) in [6.07, 6.45) is -3.31. The number of hydrogen-bond donors (Lipinski definition) is 2. The van der Waals surface area contributed by atoms with Gasteiger partial charge in [0, 0.05) is 23.2 Å². The molecule has 206 valence electrons. The normalized spacial score (nSPS) is 15.1. The summed E-state index contributed by atoms with van der Waals surface area (Å²) in [7, 11) is 0. The van der Waals surface area contributed by atoms with Crippen molar-refractivity contribution < 1.29 is 36.3 Å². The van der Waals surface area contributed by atoms with Gasteiger partial charge in [-0.1, -0.05) is 11.6 Å². The first kappa shape index (κ1) is 25.9. The molecule has 6 rings (SSSR count). The van der Waals surface area contributed by atoms with Gasteiger partial charge in [0.2, 0.25) is 0 Å². The molecule has 1 aromatic heterocycles. The van der Waals surface area contributed by atoms with Crippen LogP contribution in [-0.2, 0) is 12.7 Å². The molecular weight excluding hydrogens is 561 g/mol. The van der Waals surface area contributed by atoms with E-state index in [1.807, 2.05) is 0 Å². The molecule has 4 aromatic rings. The zero-order valence-electron chi connectivity index (χ0n) is 20.2. The van der Waals surface area contributed by atoms with Gasteiger partial charge in [0.15, 0.2) is 11.6 Å². The molecule has 0 radical (unpaired) electrons. The van der Waals surface area contributed by atoms with Crippen molar-refractivity contribution in [1.29, 1.82) is 0 Å². The number of hydrogen-bond acceptors (Lipinski definition) is 5. The fraction of sp³-hybridized carbons (Fsp3) is 0.192. The summed E-state index contributed by atoms with van der Waals surface area (Å²) in [6.45, 7) is 0.132. The topological polar surface area (TPSA) is 102 Å². The number of carbonyl (C=O) groups is 2. The predicted molar refractivity (Wildman–Crippen MR) is 134 cm³/mol. The lowest BCUT2D eigenvalue weighted by Crippen LogP contribution is -2.39. The molecule has 1 fully saturated rings. The van der Waals surface area contributed by atoms with E-state index in [0.29, 0.717) is 17.7 Å². The molecule has 2 heterocycles. The zero-order chi connectivity index (χ0) is 28.5. The van der Waals surface area contributed by atoms with Crippen LogP contribution in [0.1, 0.15) is 34.3 Å². The Morgan fingerprint density at radius 2 is 1.85 bits per heavy atom. The van der Waals surface area contributed by atoms with E-state index in [-0.39, 0.29) is 57.6 Å². The SMILES string of the molecule is Nc1nn2c3c(cc(NC(=O)c4cc(F)cc(C(F)(F)F)c4)c(Oc4cc(F)ccc4Cl)c13)CN(C1CC1)C2=O. The summed E-state index contributed by atoms with van der Waals surface area (Å²) >= 11 is 6.19. The minimum absolute atomic E-state index is 0.00530. The number of halogens is 6. The molecule has 0 spiro atoms. The second-order valence-corrected chi connectivity index (χ2v) is 9.84. The van der Waals surface area contributed by atoms with E-state index in [0.717, 1.165) is 29.7 Å². The standard InChI is InChI=1S/C26H17ClF5N5O3/c27-17-4-1-14(28)9-19(17)40-22-18(34-24(38)11-5-13(26(30,31)32)8-15(29)6-11)7-12-10-36(16-2-3-16)25(39)37-21(12)20(22)23(33)35-37/h1,4-9,16H,2-3,10H2,(H2,33,35)(H,34,38). The second kappa shape index (κ2) is 9.08. The molecule has 40 heavy (non-hydrogen) atoms. The van der Waals surface area contributed by atoms with E-state index in [4.69, 9.17) is 22.1 Å². The molecule has 0 atom stereocenters. The number of alkyl halides is 3. The van der Waals surface area contributed by atoms with Gasteiger partial charge < -0.3 is 20.7 Å². The highest BCUT2D eigenvalue weighted by Crippen LogP contribution is 2.46. The van der Waals surface area contributed by atoms with Crippen molar-refractivity contribution in [2.75, 3.05) is 11.1 Å². The molecule has 1 aliphatic heterocycles. The van der Waals surface area contributed by atoms with Crippen LogP contribution in [0.2, 0.25) is 5.02 Å². The third-order valence-corrected chi connectivity index (χ3v) is 6.92. The first-order valence-corrected chi connectivity index (χ1v) is 12.3. The number of amides is 2. The molecule has 14 heteroatoms. The maximum Gasteiger partial charge on any atom is 0.416 e. The summed E-state index contributed by atoms with van der Waals surface area (Å²) in [4.78, 5) is 27.9. The number of nitrogens with one attached hydrogen (secondary N) is 1. The third kappa shape index (κ3) is 4.45. The monoisotopic (exact) mass is 577 g/mol. The fourth-order valence-corrected chi connectivity index (χ4v) is 4.80. The Hall–Kier alpha value is -4.39. The van der Waals surface area contributed by atoms with Gasteiger partial charge in [-0.2, -0.15) is 17.9 Å². The lowest BCUT2D eigenvalue weighted by atomic mass is 10.0. The van der Waals surface area contributed by atoms with Crippen molar-refractivity contribution in [2.45, 2.75) is 31.6 Å². The van der Waals surface area contributed by atoms with E-state index < -0.39 is 40.9 Å². The predicted octanol–water partition coefficient (Wildman–Crippen LogP) is 6.56. The van der Waals surface area contributed by atoms with Crippen LogP contribution in [-0.4, -0.2) is 32.7 Å². The molecule has 8 nitrogen and oxygen atoms in total. The maximum atomic E-state index is 14.0. The Morgan fingerprint density at radius 1 is 1.10 bits per heavy atom. The maximum absolute atomic E-state index is 14.0. The van der Waals surface area contributed by atoms with Crippen LogP contribution >= 0.6 is 11.6 Å². The van der Waals surface area contributed by atoms with Crippen molar-refractivity contribution in [3.63, 3.8) is 0 Å². The molecule has 3 N–H and O–H groups in total. The van der Waals surface area contributed by atoms with Crippen LogP contribution in [0.5, 0.6) is 11.5 Å². The number of benzene rings is 3. The Balaban J connectivity index is 1.51. The average molecular weight is 578 g/mol. The average Bonchev–Trinajstić information content (AvgIpc) is 3.66. The fourth-order valence-electron chi connectivity index (χ4n) is 4.64. The molecular formula is C26H17ClF5N5O3. The van der Waals surface area contributed by atoms with Crippen LogP contribution in [0.3, 0.4) is 0 Å². The van der Waals surface area contributed by atoms with Crippen molar-refractivity contribution in [3.8, 4) is 11.5 Å². The van der Waals surface area contributed by atoms with Crippen molar-refractivity contribution in [3.05, 3.63) is 75.8 Å². The number of rotatable bonds is 5. The van der Waals surface area contributed by atoms with Crippen molar-refractivity contribution in [2.24, 2.45) is 0 Å². The van der Waals surface area contributed by atoms with Gasteiger partial charge in [-0.05, 0) is 49.2 Å². The van der Waals surface area contributed by atoms with Crippen LogP contribution in [0.15, 0.2) is 42.5 Å². The molecule has 2 amide bonds. The first-order valence-electron chi connectivity index (χ1n) is 11.9. The molecule has 0 unspecified atom stereocenters. The summed E-state index contributed by atoms with van der Waals surface area (Å²) in [5.74, 6) is -3.58. The van der Waals surface area contributed by atoms with Gasteiger partial charge >= 0.3 is 12.2 Å². The summed E-state index contributed by atoms with van der Waals surface area (Å²) in [5, 5.41) is 6.70. The number of anilines is 2. The van der Waals surface area contributed by atoms with E-state index in [1.54, 1.807) is 4.90 Å². The number of aromatic nitrogens is 2. The van der Waals surface area contributed by atoms with Gasteiger partial charge in [0.25, 0.3) is 5.91 Å². The minimum atomic E-state index is -4.90. The second-order valence-electron chi connectivity index (χ2n) is 9.43. The molecule has 2 aliphatic rings. The first-order chi connectivity index (χ1) is 18.9. The van der Waals surface area contributed by atoms with E-state index in [9.17, 15) is 31.5 Å². The van der Waals surface area contributed by atoms with Gasteiger partial charge in [0.05, 0.1) is 33.7 Å². The van der Waals surface area contributed by atoms with E-state index in [1.165, 1.54) is 12.1 Å². The zero-order valence-corrected chi connectivity index (χ0v) is 20.9. The highest BCUT2D eigenvalue weighted by molar-refractivity contribution is 6.32.